The Morgan fingerprint density at radius 3 is 2.50 bits per heavy atom. The van der Waals surface area contributed by atoms with E-state index in [4.69, 9.17) is 11.6 Å². The fourth-order valence-electron chi connectivity index (χ4n) is 2.35. The molecule has 0 aliphatic rings. The number of halogens is 5. The van der Waals surface area contributed by atoms with Gasteiger partial charge in [-0.1, -0.05) is 41.0 Å². The number of hydrogen-bond donors (Lipinski definition) is 0. The zero-order chi connectivity index (χ0) is 20.3. The number of aromatic nitrogens is 2. The first-order valence-electron chi connectivity index (χ1n) is 7.68. The first-order chi connectivity index (χ1) is 13.3. The molecule has 0 fully saturated rings. The summed E-state index contributed by atoms with van der Waals surface area (Å²) in [6.45, 7) is 0. The van der Waals surface area contributed by atoms with Gasteiger partial charge in [0.05, 0.1) is 28.7 Å². The van der Waals surface area contributed by atoms with Gasteiger partial charge in [-0.15, -0.1) is 0 Å². The first kappa shape index (κ1) is 19.6. The van der Waals surface area contributed by atoms with Gasteiger partial charge in [0.25, 0.3) is 0 Å². The van der Waals surface area contributed by atoms with Gasteiger partial charge in [0, 0.05) is 0 Å². The predicted octanol–water partition coefficient (Wildman–Crippen LogP) is 4.87. The number of rotatable bonds is 4. The molecule has 0 radical (unpaired) electrons. The number of oxime groups is 1. The summed E-state index contributed by atoms with van der Waals surface area (Å²) < 4.78 is 54.7. The molecule has 3 aromatic rings. The molecule has 0 amide bonds. The molecule has 1 heterocycles. The van der Waals surface area contributed by atoms with Crippen LogP contribution >= 0.6 is 11.6 Å². The van der Waals surface area contributed by atoms with E-state index in [1.807, 2.05) is 0 Å². The van der Waals surface area contributed by atoms with Crippen LogP contribution in [0.2, 0.25) is 5.02 Å². The van der Waals surface area contributed by atoms with Crippen molar-refractivity contribution in [3.63, 3.8) is 0 Å². The van der Waals surface area contributed by atoms with Gasteiger partial charge in [-0.05, 0) is 24.3 Å². The first-order valence-corrected chi connectivity index (χ1v) is 8.06. The van der Waals surface area contributed by atoms with Crippen molar-refractivity contribution in [2.24, 2.45) is 5.16 Å². The lowest BCUT2D eigenvalue weighted by atomic mass is 10.2. The molecule has 0 aliphatic heterocycles. The van der Waals surface area contributed by atoms with E-state index in [-0.39, 0.29) is 16.3 Å². The SMILES string of the molecule is O=C(O/N=C/c1c(F)cccc1Cl)c1cnn(-c2ccccc2)c1C(F)(F)F. The number of carbonyl (C=O) groups excluding carboxylic acids is 1. The van der Waals surface area contributed by atoms with E-state index in [1.165, 1.54) is 36.4 Å². The Bertz CT molecular complexity index is 1010. The average molecular weight is 412 g/mol. The summed E-state index contributed by atoms with van der Waals surface area (Å²) in [4.78, 5) is 16.6. The second-order valence-electron chi connectivity index (χ2n) is 5.40. The number of carbonyl (C=O) groups is 1. The zero-order valence-electron chi connectivity index (χ0n) is 13.8. The number of benzene rings is 2. The topological polar surface area (TPSA) is 56.5 Å². The summed E-state index contributed by atoms with van der Waals surface area (Å²) in [7, 11) is 0. The van der Waals surface area contributed by atoms with Crippen LogP contribution in [-0.2, 0) is 11.0 Å². The van der Waals surface area contributed by atoms with Crippen LogP contribution in [-0.4, -0.2) is 22.0 Å². The minimum atomic E-state index is -4.89. The van der Waals surface area contributed by atoms with Crippen molar-refractivity contribution in [2.45, 2.75) is 6.18 Å². The third-order valence-electron chi connectivity index (χ3n) is 3.58. The fourth-order valence-corrected chi connectivity index (χ4v) is 2.56. The molecule has 0 N–H and O–H groups in total. The van der Waals surface area contributed by atoms with E-state index in [2.05, 4.69) is 15.1 Å². The maximum atomic E-state index is 13.6. The quantitative estimate of drug-likeness (QED) is 0.266. The molecule has 0 spiro atoms. The molecule has 0 saturated heterocycles. The van der Waals surface area contributed by atoms with Crippen molar-refractivity contribution in [3.05, 3.63) is 82.4 Å². The Labute approximate surface area is 160 Å². The average Bonchev–Trinajstić information content (AvgIpc) is 3.10. The van der Waals surface area contributed by atoms with Crippen LogP contribution in [0.4, 0.5) is 17.6 Å². The molecule has 0 atom stereocenters. The van der Waals surface area contributed by atoms with Crippen LogP contribution in [0.15, 0.2) is 59.9 Å². The molecule has 2 aromatic carbocycles. The fraction of sp³-hybridized carbons (Fsp3) is 0.0556. The molecule has 0 bridgehead atoms. The van der Waals surface area contributed by atoms with Gasteiger partial charge < -0.3 is 4.84 Å². The van der Waals surface area contributed by atoms with E-state index in [0.717, 1.165) is 18.5 Å². The van der Waals surface area contributed by atoms with Gasteiger partial charge in [0.2, 0.25) is 0 Å². The number of nitrogens with zero attached hydrogens (tertiary/aromatic N) is 3. The van der Waals surface area contributed by atoms with E-state index >= 15 is 0 Å². The molecule has 1 aromatic heterocycles. The molecule has 0 unspecified atom stereocenters. The van der Waals surface area contributed by atoms with Crippen LogP contribution in [0.1, 0.15) is 21.6 Å². The maximum Gasteiger partial charge on any atom is 0.434 e. The van der Waals surface area contributed by atoms with Crippen LogP contribution in [0.25, 0.3) is 5.69 Å². The molecule has 28 heavy (non-hydrogen) atoms. The Morgan fingerprint density at radius 2 is 1.86 bits per heavy atom. The summed E-state index contributed by atoms with van der Waals surface area (Å²) >= 11 is 5.78. The van der Waals surface area contributed by atoms with Gasteiger partial charge in [0.1, 0.15) is 11.4 Å². The highest BCUT2D eigenvalue weighted by atomic mass is 35.5. The standard InChI is InChI=1S/C18H10ClF4N3O2/c19-14-7-4-8-15(20)12(14)10-25-28-17(27)13-9-24-26(16(13)18(21,22)23)11-5-2-1-3-6-11/h1-10H/b25-10+. The van der Waals surface area contributed by atoms with E-state index in [0.29, 0.717) is 4.68 Å². The van der Waals surface area contributed by atoms with Gasteiger partial charge in [0.15, 0.2) is 5.69 Å². The number of alkyl halides is 3. The maximum absolute atomic E-state index is 13.6. The van der Waals surface area contributed by atoms with Gasteiger partial charge in [-0.2, -0.15) is 18.3 Å². The Balaban J connectivity index is 1.90. The Kier molecular flexibility index (Phi) is 5.46. The molecule has 5 nitrogen and oxygen atoms in total. The lowest BCUT2D eigenvalue weighted by molar-refractivity contribution is -0.143. The molecule has 3 rings (SSSR count). The van der Waals surface area contributed by atoms with Crippen molar-refractivity contribution < 1.29 is 27.2 Å². The summed E-state index contributed by atoms with van der Waals surface area (Å²) in [5.41, 5.74) is -2.22. The van der Waals surface area contributed by atoms with E-state index in [9.17, 15) is 22.4 Å². The van der Waals surface area contributed by atoms with Crippen molar-refractivity contribution in [3.8, 4) is 5.69 Å². The molecule has 0 aliphatic carbocycles. The normalized spacial score (nSPS) is 11.8. The lowest BCUT2D eigenvalue weighted by Gasteiger charge is -2.11. The highest BCUT2D eigenvalue weighted by Gasteiger charge is 2.41. The summed E-state index contributed by atoms with van der Waals surface area (Å²) in [5, 5.41) is 6.87. The predicted molar refractivity (Wildman–Crippen MR) is 93.0 cm³/mol. The summed E-state index contributed by atoms with van der Waals surface area (Å²) in [5.74, 6) is -2.14. The molecule has 10 heteroatoms. The van der Waals surface area contributed by atoms with Crippen LogP contribution in [0, 0.1) is 5.82 Å². The summed E-state index contributed by atoms with van der Waals surface area (Å²) in [6.07, 6.45) is -3.37. The summed E-state index contributed by atoms with van der Waals surface area (Å²) in [6, 6.07) is 11.3. The van der Waals surface area contributed by atoms with Crippen LogP contribution < -0.4 is 0 Å². The number of para-hydroxylation sites is 1. The smallest absolute Gasteiger partial charge is 0.313 e. The third kappa shape index (κ3) is 4.04. The minimum absolute atomic E-state index is 0.00678. The van der Waals surface area contributed by atoms with Crippen molar-refractivity contribution >= 4 is 23.8 Å². The van der Waals surface area contributed by atoms with E-state index in [1.54, 1.807) is 6.07 Å². The zero-order valence-corrected chi connectivity index (χ0v) is 14.6. The van der Waals surface area contributed by atoms with Crippen LogP contribution in [0.5, 0.6) is 0 Å². The highest BCUT2D eigenvalue weighted by molar-refractivity contribution is 6.33. The van der Waals surface area contributed by atoms with Crippen molar-refractivity contribution in [1.82, 2.24) is 9.78 Å². The Hall–Kier alpha value is -3.20. The van der Waals surface area contributed by atoms with Gasteiger partial charge in [-0.3, -0.25) is 0 Å². The molecular weight excluding hydrogens is 402 g/mol. The largest absolute Gasteiger partial charge is 0.434 e. The van der Waals surface area contributed by atoms with Gasteiger partial charge in [-0.25, -0.2) is 13.9 Å². The van der Waals surface area contributed by atoms with Gasteiger partial charge >= 0.3 is 12.1 Å². The second-order valence-corrected chi connectivity index (χ2v) is 5.81. The molecule has 144 valence electrons. The molecular formula is C18H10ClF4N3O2. The minimum Gasteiger partial charge on any atom is -0.313 e. The van der Waals surface area contributed by atoms with E-state index < -0.39 is 29.2 Å². The number of hydrogen-bond acceptors (Lipinski definition) is 4. The van der Waals surface area contributed by atoms with Crippen molar-refractivity contribution in [2.75, 3.05) is 0 Å². The monoisotopic (exact) mass is 411 g/mol. The Morgan fingerprint density at radius 1 is 1.14 bits per heavy atom. The van der Waals surface area contributed by atoms with Crippen LogP contribution in [0.3, 0.4) is 0 Å². The highest BCUT2D eigenvalue weighted by Crippen LogP contribution is 2.34. The second kappa shape index (κ2) is 7.81. The third-order valence-corrected chi connectivity index (χ3v) is 3.91. The van der Waals surface area contributed by atoms with Crippen molar-refractivity contribution in [1.29, 1.82) is 0 Å². The molecule has 0 saturated carbocycles. The lowest BCUT2D eigenvalue weighted by Crippen LogP contribution is -2.18.